The number of nitriles is 1. The van der Waals surface area contributed by atoms with Crippen LogP contribution in [-0.4, -0.2) is 6.29 Å². The number of anilines is 1. The van der Waals surface area contributed by atoms with Crippen LogP contribution in [0.25, 0.3) is 10.1 Å². The molecular formula is C10H6N2OS. The first-order valence-electron chi connectivity index (χ1n) is 3.93. The third-order valence-electron chi connectivity index (χ3n) is 1.94. The highest BCUT2D eigenvalue weighted by Gasteiger charge is 2.05. The van der Waals surface area contributed by atoms with Crippen LogP contribution < -0.4 is 5.73 Å². The summed E-state index contributed by atoms with van der Waals surface area (Å²) in [5.41, 5.74) is 6.55. The van der Waals surface area contributed by atoms with Crippen molar-refractivity contribution in [1.82, 2.24) is 0 Å². The monoisotopic (exact) mass is 202 g/mol. The minimum Gasteiger partial charge on any atom is -0.398 e. The first kappa shape index (κ1) is 8.73. The molecule has 0 spiro atoms. The lowest BCUT2D eigenvalue weighted by Gasteiger charge is -1.95. The molecule has 0 saturated carbocycles. The van der Waals surface area contributed by atoms with Crippen LogP contribution in [-0.2, 0) is 0 Å². The maximum atomic E-state index is 10.5. The Bertz CT molecular complexity index is 551. The maximum absolute atomic E-state index is 10.5. The molecule has 0 aliphatic heterocycles. The number of rotatable bonds is 1. The zero-order chi connectivity index (χ0) is 10.1. The zero-order valence-electron chi connectivity index (χ0n) is 7.15. The smallest absolute Gasteiger partial charge is 0.160 e. The number of aldehydes is 1. The third kappa shape index (κ3) is 1.24. The fourth-order valence-electron chi connectivity index (χ4n) is 1.28. The fourth-order valence-corrected chi connectivity index (χ4v) is 2.18. The molecule has 2 aromatic rings. The molecule has 0 bridgehead atoms. The van der Waals surface area contributed by atoms with Gasteiger partial charge >= 0.3 is 0 Å². The van der Waals surface area contributed by atoms with Crippen molar-refractivity contribution in [3.63, 3.8) is 0 Å². The number of thiophene rings is 1. The van der Waals surface area contributed by atoms with Crippen LogP contribution in [0.3, 0.4) is 0 Å². The van der Waals surface area contributed by atoms with Crippen molar-refractivity contribution in [2.24, 2.45) is 0 Å². The summed E-state index contributed by atoms with van der Waals surface area (Å²) in [6.45, 7) is 0. The lowest BCUT2D eigenvalue weighted by Crippen LogP contribution is -1.88. The van der Waals surface area contributed by atoms with Gasteiger partial charge in [0.2, 0.25) is 0 Å². The topological polar surface area (TPSA) is 66.9 Å². The minimum absolute atomic E-state index is 0.454. The van der Waals surface area contributed by atoms with Crippen molar-refractivity contribution in [3.05, 3.63) is 28.6 Å². The molecule has 1 aromatic carbocycles. The Labute approximate surface area is 84.4 Å². The number of nitrogens with two attached hydrogens (primary N) is 1. The molecule has 0 unspecified atom stereocenters. The highest BCUT2D eigenvalue weighted by atomic mass is 32.1. The summed E-state index contributed by atoms with van der Waals surface area (Å²) in [4.78, 5) is 11.2. The van der Waals surface area contributed by atoms with E-state index in [1.807, 2.05) is 6.07 Å². The second-order valence-electron chi connectivity index (χ2n) is 2.86. The molecule has 3 nitrogen and oxygen atoms in total. The number of nitrogen functional groups attached to an aromatic ring is 1. The third-order valence-corrected chi connectivity index (χ3v) is 2.97. The van der Waals surface area contributed by atoms with Crippen LogP contribution in [0.1, 0.15) is 15.2 Å². The van der Waals surface area contributed by atoms with Crippen molar-refractivity contribution in [1.29, 1.82) is 5.26 Å². The highest BCUT2D eigenvalue weighted by molar-refractivity contribution is 7.20. The van der Waals surface area contributed by atoms with E-state index in [9.17, 15) is 4.79 Å². The summed E-state index contributed by atoms with van der Waals surface area (Å²) in [6.07, 6.45) is 0.799. The number of nitrogens with zero attached hydrogens (tertiary/aromatic N) is 1. The van der Waals surface area contributed by atoms with Crippen molar-refractivity contribution >= 4 is 33.4 Å². The molecule has 0 aliphatic rings. The van der Waals surface area contributed by atoms with E-state index < -0.39 is 0 Å². The van der Waals surface area contributed by atoms with Crippen molar-refractivity contribution < 1.29 is 4.79 Å². The molecule has 2 rings (SSSR count). The van der Waals surface area contributed by atoms with Crippen LogP contribution >= 0.6 is 11.3 Å². The summed E-state index contributed by atoms with van der Waals surface area (Å²) >= 11 is 1.36. The molecule has 0 saturated heterocycles. The number of hydrogen-bond donors (Lipinski definition) is 1. The van der Waals surface area contributed by atoms with E-state index in [0.717, 1.165) is 16.4 Å². The average Bonchev–Trinajstić information content (AvgIpc) is 2.58. The number of carbonyl (C=O) groups excluding carboxylic acids is 1. The predicted molar refractivity (Wildman–Crippen MR) is 56.3 cm³/mol. The van der Waals surface area contributed by atoms with E-state index in [1.165, 1.54) is 11.3 Å². The molecule has 14 heavy (non-hydrogen) atoms. The Hall–Kier alpha value is -1.86. The Morgan fingerprint density at radius 3 is 2.86 bits per heavy atom. The van der Waals surface area contributed by atoms with E-state index in [-0.39, 0.29) is 0 Å². The van der Waals surface area contributed by atoms with E-state index in [4.69, 9.17) is 11.0 Å². The van der Waals surface area contributed by atoms with Gasteiger partial charge in [0.1, 0.15) is 6.07 Å². The average molecular weight is 202 g/mol. The van der Waals surface area contributed by atoms with Gasteiger partial charge in [0.05, 0.1) is 16.1 Å². The van der Waals surface area contributed by atoms with Crippen molar-refractivity contribution in [2.45, 2.75) is 0 Å². The van der Waals surface area contributed by atoms with Gasteiger partial charge in [-0.1, -0.05) is 0 Å². The van der Waals surface area contributed by atoms with Gasteiger partial charge in [0, 0.05) is 4.70 Å². The molecule has 0 radical (unpaired) electrons. The lowest BCUT2D eigenvalue weighted by atomic mass is 10.1. The molecule has 2 N–H and O–H groups in total. The Kier molecular flexibility index (Phi) is 1.95. The summed E-state index contributed by atoms with van der Waals surface area (Å²) in [5.74, 6) is 0. The number of benzene rings is 1. The van der Waals surface area contributed by atoms with Gasteiger partial charge in [-0.2, -0.15) is 5.26 Å². The number of hydrogen-bond acceptors (Lipinski definition) is 4. The number of carbonyl (C=O) groups is 1. The largest absolute Gasteiger partial charge is 0.398 e. The van der Waals surface area contributed by atoms with Crippen molar-refractivity contribution in [3.8, 4) is 6.07 Å². The molecule has 68 valence electrons. The summed E-state index contributed by atoms with van der Waals surface area (Å²) < 4.78 is 0.915. The maximum Gasteiger partial charge on any atom is 0.160 e. The van der Waals surface area contributed by atoms with Crippen LogP contribution in [0.15, 0.2) is 18.2 Å². The molecule has 0 fully saturated rings. The molecule has 4 heteroatoms. The highest BCUT2D eigenvalue weighted by Crippen LogP contribution is 2.28. The Balaban J connectivity index is 2.77. The molecule has 0 aliphatic carbocycles. The first-order valence-corrected chi connectivity index (χ1v) is 4.74. The predicted octanol–water partition coefficient (Wildman–Crippen LogP) is 2.17. The van der Waals surface area contributed by atoms with Crippen LogP contribution in [0.5, 0.6) is 0 Å². The van der Waals surface area contributed by atoms with Gasteiger partial charge in [0.25, 0.3) is 0 Å². The molecular weight excluding hydrogens is 196 g/mol. The molecule has 1 aromatic heterocycles. The van der Waals surface area contributed by atoms with Gasteiger partial charge in [0.15, 0.2) is 6.29 Å². The van der Waals surface area contributed by atoms with Crippen LogP contribution in [0, 0.1) is 11.3 Å². The standard InChI is InChI=1S/C10H6N2OS/c11-4-7-3-10-6(2-9(7)12)1-8(5-13)14-10/h1-3,5H,12H2. The van der Waals surface area contributed by atoms with Crippen LogP contribution in [0.4, 0.5) is 5.69 Å². The van der Waals surface area contributed by atoms with Gasteiger partial charge in [-0.05, 0) is 23.6 Å². The minimum atomic E-state index is 0.454. The van der Waals surface area contributed by atoms with Crippen molar-refractivity contribution in [2.75, 3.05) is 5.73 Å². The summed E-state index contributed by atoms with van der Waals surface area (Å²) in [6, 6.07) is 7.21. The van der Waals surface area contributed by atoms with Crippen LogP contribution in [0.2, 0.25) is 0 Å². The van der Waals surface area contributed by atoms with Gasteiger partial charge < -0.3 is 5.73 Å². The second-order valence-corrected chi connectivity index (χ2v) is 3.97. The van der Waals surface area contributed by atoms with E-state index in [0.29, 0.717) is 16.1 Å². The molecule has 0 amide bonds. The molecule has 1 heterocycles. The fraction of sp³-hybridized carbons (Fsp3) is 0. The normalized spacial score (nSPS) is 9.93. The quantitative estimate of drug-likeness (QED) is 0.569. The lowest BCUT2D eigenvalue weighted by molar-refractivity contribution is 0.112. The van der Waals surface area contributed by atoms with E-state index >= 15 is 0 Å². The van der Waals surface area contributed by atoms with Gasteiger partial charge in [-0.25, -0.2) is 0 Å². The Morgan fingerprint density at radius 1 is 1.43 bits per heavy atom. The van der Waals surface area contributed by atoms with Gasteiger partial charge in [-0.3, -0.25) is 4.79 Å². The van der Waals surface area contributed by atoms with Gasteiger partial charge in [-0.15, -0.1) is 11.3 Å². The van der Waals surface area contributed by atoms with E-state index in [2.05, 4.69) is 0 Å². The molecule has 0 atom stereocenters. The summed E-state index contributed by atoms with van der Waals surface area (Å²) in [5, 5.41) is 9.66. The summed E-state index contributed by atoms with van der Waals surface area (Å²) in [7, 11) is 0. The van der Waals surface area contributed by atoms with E-state index in [1.54, 1.807) is 18.2 Å². The number of fused-ring (bicyclic) bond motifs is 1. The SMILES string of the molecule is N#Cc1cc2sc(C=O)cc2cc1N. The second kappa shape index (κ2) is 3.13. The Morgan fingerprint density at radius 2 is 2.21 bits per heavy atom. The zero-order valence-corrected chi connectivity index (χ0v) is 7.97. The first-order chi connectivity index (χ1) is 6.74.